The van der Waals surface area contributed by atoms with Crippen LogP contribution < -0.4 is 0 Å². The second-order valence-electron chi connectivity index (χ2n) is 6.07. The lowest BCUT2D eigenvalue weighted by Crippen LogP contribution is -2.46. The van der Waals surface area contributed by atoms with E-state index in [-0.39, 0.29) is 30.0 Å². The third-order valence-corrected chi connectivity index (χ3v) is 5.00. The number of hydrogen-bond donors (Lipinski definition) is 1. The molecule has 0 bridgehead atoms. The molecule has 1 heterocycles. The molecule has 1 spiro atoms. The number of Topliss-reactive ketones (excluding diaryl/α,β-unsaturated/α-hetero) is 2. The van der Waals surface area contributed by atoms with Gasteiger partial charge >= 0.3 is 0 Å². The van der Waals surface area contributed by atoms with Gasteiger partial charge in [0.1, 0.15) is 17.6 Å². The summed E-state index contributed by atoms with van der Waals surface area (Å²) in [6.45, 7) is 0.814. The van der Waals surface area contributed by atoms with Crippen LogP contribution in [0.25, 0.3) is 5.76 Å². The molecule has 126 valence electrons. The van der Waals surface area contributed by atoms with E-state index in [9.17, 15) is 19.5 Å². The van der Waals surface area contributed by atoms with Gasteiger partial charge in [0.15, 0.2) is 11.6 Å². The standard InChI is InChI=1S/C18H17ClO5/c19-11-3-4-13-12(10-11)16(22)15(14(21)2-1-7-20)17(23)18(13)5-8-24-9-6-18/h3-4,7,10,22H,1-2,5-6,8-9H2. The van der Waals surface area contributed by atoms with E-state index in [4.69, 9.17) is 16.3 Å². The van der Waals surface area contributed by atoms with E-state index in [1.54, 1.807) is 18.2 Å². The fraction of sp³-hybridized carbons (Fsp3) is 0.389. The molecule has 3 rings (SSSR count). The number of benzene rings is 1. The highest BCUT2D eigenvalue weighted by molar-refractivity contribution is 6.32. The van der Waals surface area contributed by atoms with Gasteiger partial charge in [0.25, 0.3) is 0 Å². The van der Waals surface area contributed by atoms with E-state index in [1.807, 2.05) is 0 Å². The van der Waals surface area contributed by atoms with Gasteiger partial charge in [-0.05, 0) is 30.5 Å². The number of hydrogen-bond acceptors (Lipinski definition) is 5. The number of halogens is 1. The average Bonchev–Trinajstić information content (AvgIpc) is 2.59. The van der Waals surface area contributed by atoms with E-state index in [2.05, 4.69) is 0 Å². The normalized spacial score (nSPS) is 19.3. The lowest BCUT2D eigenvalue weighted by atomic mass is 9.63. The Hall–Kier alpha value is -1.98. The van der Waals surface area contributed by atoms with Gasteiger partial charge in [-0.1, -0.05) is 17.7 Å². The fourth-order valence-corrected chi connectivity index (χ4v) is 3.70. The summed E-state index contributed by atoms with van der Waals surface area (Å²) in [5.41, 5.74) is 0.00735. The van der Waals surface area contributed by atoms with Crippen LogP contribution in [-0.4, -0.2) is 36.2 Å². The van der Waals surface area contributed by atoms with Crippen LogP contribution in [0.2, 0.25) is 5.02 Å². The number of ether oxygens (including phenoxy) is 1. The Morgan fingerprint density at radius 3 is 2.71 bits per heavy atom. The van der Waals surface area contributed by atoms with Crippen molar-refractivity contribution in [3.63, 3.8) is 0 Å². The second-order valence-corrected chi connectivity index (χ2v) is 6.50. The van der Waals surface area contributed by atoms with E-state index in [0.717, 1.165) is 0 Å². The second kappa shape index (κ2) is 6.49. The zero-order chi connectivity index (χ0) is 17.3. The summed E-state index contributed by atoms with van der Waals surface area (Å²) in [5, 5.41) is 11.0. The summed E-state index contributed by atoms with van der Waals surface area (Å²) in [4.78, 5) is 36.1. The largest absolute Gasteiger partial charge is 0.506 e. The highest BCUT2D eigenvalue weighted by Crippen LogP contribution is 2.46. The molecule has 0 amide bonds. The van der Waals surface area contributed by atoms with Crippen molar-refractivity contribution in [1.82, 2.24) is 0 Å². The molecular formula is C18H17ClO5. The van der Waals surface area contributed by atoms with Crippen LogP contribution in [0.5, 0.6) is 0 Å². The first-order valence-corrected chi connectivity index (χ1v) is 8.22. The van der Waals surface area contributed by atoms with Gasteiger partial charge < -0.3 is 14.6 Å². The molecule has 2 aliphatic rings. The van der Waals surface area contributed by atoms with Crippen molar-refractivity contribution in [3.8, 4) is 0 Å². The number of aliphatic hydroxyl groups is 1. The SMILES string of the molecule is O=CCCC(=O)C1=C(O)c2cc(Cl)ccc2C2(CCOCC2)C1=O. The third kappa shape index (κ3) is 2.58. The van der Waals surface area contributed by atoms with Crippen LogP contribution in [0.15, 0.2) is 23.8 Å². The van der Waals surface area contributed by atoms with Gasteiger partial charge in [-0.25, -0.2) is 0 Å². The lowest BCUT2D eigenvalue weighted by molar-refractivity contribution is -0.128. The van der Waals surface area contributed by atoms with Gasteiger partial charge in [0.2, 0.25) is 0 Å². The van der Waals surface area contributed by atoms with Crippen LogP contribution in [0.3, 0.4) is 0 Å². The summed E-state index contributed by atoms with van der Waals surface area (Å²) >= 11 is 6.04. The quantitative estimate of drug-likeness (QED) is 0.668. The maximum Gasteiger partial charge on any atom is 0.180 e. The molecule has 0 atom stereocenters. The first kappa shape index (κ1) is 16.9. The minimum Gasteiger partial charge on any atom is -0.506 e. The summed E-state index contributed by atoms with van der Waals surface area (Å²) in [6, 6.07) is 4.99. The molecular weight excluding hydrogens is 332 g/mol. The van der Waals surface area contributed by atoms with Crippen LogP contribution in [0.4, 0.5) is 0 Å². The number of aliphatic hydroxyl groups excluding tert-OH is 1. The summed E-state index contributed by atoms with van der Waals surface area (Å²) in [6.07, 6.45) is 1.42. The Labute approximate surface area is 144 Å². The number of carbonyl (C=O) groups is 3. The predicted molar refractivity (Wildman–Crippen MR) is 88.0 cm³/mol. The first-order valence-electron chi connectivity index (χ1n) is 7.84. The van der Waals surface area contributed by atoms with Gasteiger partial charge in [-0.2, -0.15) is 0 Å². The molecule has 0 radical (unpaired) electrons. The predicted octanol–water partition coefficient (Wildman–Crippen LogP) is 2.79. The summed E-state index contributed by atoms with van der Waals surface area (Å²) in [7, 11) is 0. The van der Waals surface area contributed by atoms with Crippen LogP contribution in [0, 0.1) is 0 Å². The van der Waals surface area contributed by atoms with Crippen molar-refractivity contribution < 1.29 is 24.2 Å². The zero-order valence-electron chi connectivity index (χ0n) is 13.0. The smallest absolute Gasteiger partial charge is 0.180 e. The van der Waals surface area contributed by atoms with Crippen molar-refractivity contribution in [2.24, 2.45) is 0 Å². The van der Waals surface area contributed by atoms with Crippen molar-refractivity contribution in [1.29, 1.82) is 0 Å². The third-order valence-electron chi connectivity index (χ3n) is 4.77. The Morgan fingerprint density at radius 2 is 2.04 bits per heavy atom. The molecule has 1 fully saturated rings. The zero-order valence-corrected chi connectivity index (χ0v) is 13.8. The van der Waals surface area contributed by atoms with Gasteiger partial charge in [0.05, 0.1) is 5.41 Å². The molecule has 1 saturated heterocycles. The molecule has 1 aliphatic heterocycles. The van der Waals surface area contributed by atoms with E-state index in [1.165, 1.54) is 0 Å². The first-order chi connectivity index (χ1) is 11.5. The van der Waals surface area contributed by atoms with E-state index >= 15 is 0 Å². The van der Waals surface area contributed by atoms with Gasteiger partial charge in [-0.15, -0.1) is 0 Å². The topological polar surface area (TPSA) is 80.7 Å². The van der Waals surface area contributed by atoms with Crippen molar-refractivity contribution in [2.45, 2.75) is 31.1 Å². The van der Waals surface area contributed by atoms with Gasteiger partial charge in [0, 0.05) is 36.6 Å². The van der Waals surface area contributed by atoms with Crippen molar-refractivity contribution >= 4 is 35.2 Å². The monoisotopic (exact) mass is 348 g/mol. The Morgan fingerprint density at radius 1 is 1.33 bits per heavy atom. The number of ketones is 2. The molecule has 1 aromatic carbocycles. The summed E-state index contributed by atoms with van der Waals surface area (Å²) in [5.74, 6) is -1.24. The number of rotatable bonds is 4. The molecule has 0 saturated carbocycles. The maximum absolute atomic E-state index is 13.1. The van der Waals surface area contributed by atoms with Gasteiger partial charge in [-0.3, -0.25) is 9.59 Å². The molecule has 1 aliphatic carbocycles. The minimum absolute atomic E-state index is 0.0153. The Bertz CT molecular complexity index is 744. The Balaban J connectivity index is 2.18. The van der Waals surface area contributed by atoms with E-state index in [0.29, 0.717) is 48.5 Å². The molecule has 6 heteroatoms. The average molecular weight is 349 g/mol. The molecule has 0 unspecified atom stereocenters. The molecule has 24 heavy (non-hydrogen) atoms. The van der Waals surface area contributed by atoms with Crippen LogP contribution in [-0.2, 0) is 24.5 Å². The lowest BCUT2D eigenvalue weighted by Gasteiger charge is -2.40. The highest BCUT2D eigenvalue weighted by Gasteiger charge is 2.49. The van der Waals surface area contributed by atoms with Crippen molar-refractivity contribution in [3.05, 3.63) is 39.9 Å². The fourth-order valence-electron chi connectivity index (χ4n) is 3.52. The minimum atomic E-state index is -0.878. The molecule has 1 aromatic rings. The number of fused-ring (bicyclic) bond motifs is 2. The van der Waals surface area contributed by atoms with Crippen LogP contribution in [0.1, 0.15) is 36.8 Å². The Kier molecular flexibility index (Phi) is 4.56. The molecule has 5 nitrogen and oxygen atoms in total. The van der Waals surface area contributed by atoms with Crippen LogP contribution >= 0.6 is 11.6 Å². The van der Waals surface area contributed by atoms with Crippen molar-refractivity contribution in [2.75, 3.05) is 13.2 Å². The number of aldehydes is 1. The maximum atomic E-state index is 13.1. The number of carbonyl (C=O) groups excluding carboxylic acids is 3. The highest BCUT2D eigenvalue weighted by atomic mass is 35.5. The molecule has 0 aromatic heterocycles. The molecule has 1 N–H and O–H groups in total. The summed E-state index contributed by atoms with van der Waals surface area (Å²) < 4.78 is 5.38. The number of allylic oxidation sites excluding steroid dienone is 1. The van der Waals surface area contributed by atoms with E-state index < -0.39 is 11.2 Å².